The van der Waals surface area contributed by atoms with Crippen molar-refractivity contribution in [1.82, 2.24) is 9.97 Å². The van der Waals surface area contributed by atoms with Crippen molar-refractivity contribution < 1.29 is 19.2 Å². The molecule has 190 valence electrons. The van der Waals surface area contributed by atoms with Gasteiger partial charge in [-0.1, -0.05) is 29.0 Å². The molecule has 37 heavy (non-hydrogen) atoms. The molecule has 1 aliphatic heterocycles. The first-order valence-corrected chi connectivity index (χ1v) is 12.6. The molecule has 0 spiro atoms. The molecular formula is C25H22ClN5O5S. The topological polar surface area (TPSA) is 111 Å². The van der Waals surface area contributed by atoms with Crippen LogP contribution in [0.4, 0.5) is 16.5 Å². The van der Waals surface area contributed by atoms with Gasteiger partial charge in [0.25, 0.3) is 11.6 Å². The molecule has 0 aliphatic carbocycles. The number of nitro groups is 1. The molecule has 1 fully saturated rings. The fourth-order valence-electron chi connectivity index (χ4n) is 4.13. The minimum Gasteiger partial charge on any atom is -0.494 e. The summed E-state index contributed by atoms with van der Waals surface area (Å²) in [7, 11) is 1.54. The van der Waals surface area contributed by atoms with E-state index < -0.39 is 10.8 Å². The van der Waals surface area contributed by atoms with E-state index in [-0.39, 0.29) is 17.8 Å². The Morgan fingerprint density at radius 3 is 2.76 bits per heavy atom. The normalized spacial score (nSPS) is 13.5. The summed E-state index contributed by atoms with van der Waals surface area (Å²) in [6.45, 7) is 2.15. The molecule has 0 atom stereocenters. The summed E-state index contributed by atoms with van der Waals surface area (Å²) in [4.78, 5) is 37.7. The molecule has 1 aliphatic rings. The van der Waals surface area contributed by atoms with Crippen LogP contribution in [0, 0.1) is 10.1 Å². The molecule has 2 aromatic heterocycles. The van der Waals surface area contributed by atoms with E-state index in [1.165, 1.54) is 29.4 Å². The Bertz CT molecular complexity index is 1460. The minimum absolute atomic E-state index is 0.110. The van der Waals surface area contributed by atoms with Gasteiger partial charge in [-0.2, -0.15) is 0 Å². The number of aromatic nitrogens is 2. The molecule has 4 aromatic rings. The summed E-state index contributed by atoms with van der Waals surface area (Å²) < 4.78 is 11.5. The van der Waals surface area contributed by atoms with Crippen LogP contribution in [0.15, 0.2) is 54.7 Å². The maximum atomic E-state index is 13.9. The van der Waals surface area contributed by atoms with Gasteiger partial charge in [-0.15, -0.1) is 0 Å². The molecule has 0 bridgehead atoms. The van der Waals surface area contributed by atoms with E-state index in [1.807, 2.05) is 11.0 Å². The smallest absolute Gasteiger partial charge is 0.293 e. The zero-order valence-electron chi connectivity index (χ0n) is 19.8. The molecule has 3 heterocycles. The van der Waals surface area contributed by atoms with Crippen LogP contribution in [0.3, 0.4) is 0 Å². The SMILES string of the molecule is COc1ccc(Cl)c2sc(N(Cc3ccccn3)C(=O)c3ccc(N4CCOCC4)c([N+](=O)[O-])c3)nc12. The number of methoxy groups -OCH3 is 1. The number of nitrogens with zero attached hydrogens (tertiary/aromatic N) is 5. The zero-order valence-corrected chi connectivity index (χ0v) is 21.4. The second-order valence-electron chi connectivity index (χ2n) is 8.20. The van der Waals surface area contributed by atoms with Crippen molar-refractivity contribution in [3.05, 3.63) is 81.1 Å². The van der Waals surface area contributed by atoms with Crippen LogP contribution < -0.4 is 14.5 Å². The molecular weight excluding hydrogens is 518 g/mol. The van der Waals surface area contributed by atoms with E-state index in [2.05, 4.69) is 9.97 Å². The van der Waals surface area contributed by atoms with Crippen molar-refractivity contribution in [3.63, 3.8) is 0 Å². The summed E-state index contributed by atoms with van der Waals surface area (Å²) in [6, 6.07) is 13.4. The number of hydrogen-bond acceptors (Lipinski definition) is 9. The molecule has 10 nitrogen and oxygen atoms in total. The van der Waals surface area contributed by atoms with Gasteiger partial charge in [-0.3, -0.25) is 24.8 Å². The lowest BCUT2D eigenvalue weighted by Crippen LogP contribution is -2.36. The van der Waals surface area contributed by atoms with Gasteiger partial charge in [-0.05, 0) is 36.4 Å². The van der Waals surface area contributed by atoms with Gasteiger partial charge in [0.1, 0.15) is 17.0 Å². The molecule has 2 aromatic carbocycles. The summed E-state index contributed by atoms with van der Waals surface area (Å²) in [5, 5.41) is 12.8. The number of amides is 1. The number of benzene rings is 2. The number of anilines is 2. The molecule has 0 N–H and O–H groups in total. The van der Waals surface area contributed by atoms with Gasteiger partial charge >= 0.3 is 0 Å². The Balaban J connectivity index is 1.58. The number of carbonyl (C=O) groups is 1. The highest BCUT2D eigenvalue weighted by atomic mass is 35.5. The number of carbonyl (C=O) groups excluding carboxylic acids is 1. The summed E-state index contributed by atoms with van der Waals surface area (Å²) >= 11 is 7.66. The van der Waals surface area contributed by atoms with E-state index in [0.29, 0.717) is 63.8 Å². The average molecular weight is 540 g/mol. The number of rotatable bonds is 7. The molecule has 0 radical (unpaired) electrons. The van der Waals surface area contributed by atoms with Gasteiger partial charge in [-0.25, -0.2) is 4.98 Å². The van der Waals surface area contributed by atoms with Crippen molar-refractivity contribution in [2.45, 2.75) is 6.54 Å². The largest absolute Gasteiger partial charge is 0.494 e. The van der Waals surface area contributed by atoms with Crippen LogP contribution in [0.5, 0.6) is 5.75 Å². The number of ether oxygens (including phenoxy) is 2. The second kappa shape index (κ2) is 10.7. The van der Waals surface area contributed by atoms with E-state index in [0.717, 1.165) is 0 Å². The Hall–Kier alpha value is -3.80. The first-order chi connectivity index (χ1) is 18.0. The zero-order chi connectivity index (χ0) is 25.9. The van der Waals surface area contributed by atoms with Crippen LogP contribution in [0.2, 0.25) is 5.02 Å². The maximum absolute atomic E-state index is 13.9. The van der Waals surface area contributed by atoms with Gasteiger partial charge in [0, 0.05) is 30.9 Å². The number of nitro benzene ring substituents is 1. The van der Waals surface area contributed by atoms with Crippen LogP contribution >= 0.6 is 22.9 Å². The molecule has 5 rings (SSSR count). The highest BCUT2D eigenvalue weighted by molar-refractivity contribution is 7.23. The summed E-state index contributed by atoms with van der Waals surface area (Å²) in [6.07, 6.45) is 1.64. The predicted octanol–water partition coefficient (Wildman–Crippen LogP) is 4.95. The number of halogens is 1. The third-order valence-corrected chi connectivity index (χ3v) is 7.50. The van der Waals surface area contributed by atoms with Crippen LogP contribution in [-0.4, -0.2) is 54.2 Å². The third kappa shape index (κ3) is 5.06. The number of morpholine rings is 1. The highest BCUT2D eigenvalue weighted by Gasteiger charge is 2.28. The van der Waals surface area contributed by atoms with E-state index >= 15 is 0 Å². The predicted molar refractivity (Wildman–Crippen MR) is 142 cm³/mol. The summed E-state index contributed by atoms with van der Waals surface area (Å²) in [5.74, 6) is 0.0778. The quantitative estimate of drug-likeness (QED) is 0.240. The molecule has 0 saturated carbocycles. The lowest BCUT2D eigenvalue weighted by molar-refractivity contribution is -0.384. The first kappa shape index (κ1) is 24.9. The molecule has 0 unspecified atom stereocenters. The molecule has 1 amide bonds. The van der Waals surface area contributed by atoms with Crippen molar-refractivity contribution in [3.8, 4) is 5.75 Å². The fraction of sp³-hybridized carbons (Fsp3) is 0.240. The fourth-order valence-corrected chi connectivity index (χ4v) is 5.39. The lowest BCUT2D eigenvalue weighted by atomic mass is 10.1. The Kier molecular flexibility index (Phi) is 7.17. The molecule has 1 saturated heterocycles. The standard InChI is InChI=1S/C25H22ClN5O5S/c1-35-21-8-6-18(26)23-22(21)28-25(37-23)30(15-17-4-2-3-9-27-17)24(32)16-5-7-19(20(14-16)31(33)34)29-10-12-36-13-11-29/h2-9,14H,10-13,15H2,1H3. The highest BCUT2D eigenvalue weighted by Crippen LogP contribution is 2.40. The van der Waals surface area contributed by atoms with Crippen molar-refractivity contribution in [1.29, 1.82) is 0 Å². The van der Waals surface area contributed by atoms with Crippen LogP contribution in [0.1, 0.15) is 16.1 Å². The Morgan fingerprint density at radius 1 is 1.24 bits per heavy atom. The van der Waals surface area contributed by atoms with Crippen LogP contribution in [0.25, 0.3) is 10.2 Å². The minimum atomic E-state index is -0.465. The first-order valence-electron chi connectivity index (χ1n) is 11.4. The number of thiazole rings is 1. The van der Waals surface area contributed by atoms with Gasteiger partial charge in [0.05, 0.1) is 47.2 Å². The van der Waals surface area contributed by atoms with Crippen molar-refractivity contribution >= 4 is 55.6 Å². The van der Waals surface area contributed by atoms with Gasteiger partial charge in [0.2, 0.25) is 0 Å². The monoisotopic (exact) mass is 539 g/mol. The van der Waals surface area contributed by atoms with E-state index in [1.54, 1.807) is 42.6 Å². The van der Waals surface area contributed by atoms with E-state index in [9.17, 15) is 14.9 Å². The molecule has 12 heteroatoms. The maximum Gasteiger partial charge on any atom is 0.293 e. The summed E-state index contributed by atoms with van der Waals surface area (Å²) in [5.41, 5.74) is 1.64. The van der Waals surface area contributed by atoms with Crippen molar-refractivity contribution in [2.75, 3.05) is 43.2 Å². The van der Waals surface area contributed by atoms with Gasteiger partial charge < -0.3 is 14.4 Å². The average Bonchev–Trinajstić information content (AvgIpc) is 3.38. The second-order valence-corrected chi connectivity index (χ2v) is 9.58. The van der Waals surface area contributed by atoms with E-state index in [4.69, 9.17) is 21.1 Å². The van der Waals surface area contributed by atoms with Gasteiger partial charge in [0.15, 0.2) is 5.13 Å². The third-order valence-electron chi connectivity index (χ3n) is 5.96. The Morgan fingerprint density at radius 2 is 2.05 bits per heavy atom. The number of pyridine rings is 1. The number of fused-ring (bicyclic) bond motifs is 1. The Labute approximate surface area is 221 Å². The van der Waals surface area contributed by atoms with Crippen molar-refractivity contribution in [2.24, 2.45) is 0 Å². The lowest BCUT2D eigenvalue weighted by Gasteiger charge is -2.28. The number of hydrogen-bond donors (Lipinski definition) is 0. The van der Waals surface area contributed by atoms with Crippen LogP contribution in [-0.2, 0) is 11.3 Å².